The largest absolute Gasteiger partial charge is 0.396 e. The Morgan fingerprint density at radius 3 is 1.64 bits per heavy atom. The van der Waals surface area contributed by atoms with Gasteiger partial charge in [0.15, 0.2) is 0 Å². The van der Waals surface area contributed by atoms with E-state index in [0.717, 1.165) is 30.6 Å². The average molecular weight is 210 g/mol. The number of aliphatic hydroxyl groups excluding tert-OH is 1. The average Bonchev–Trinajstić information content (AvgIpc) is 2.16. The summed E-state index contributed by atoms with van der Waals surface area (Å²) in [4.78, 5) is 0. The van der Waals surface area contributed by atoms with Crippen LogP contribution in [0.3, 0.4) is 0 Å². The van der Waals surface area contributed by atoms with Crippen LogP contribution < -0.4 is 0 Å². The van der Waals surface area contributed by atoms with Gasteiger partial charge in [0.2, 0.25) is 0 Å². The molecule has 0 fully saturated rings. The summed E-state index contributed by atoms with van der Waals surface area (Å²) in [7, 11) is -1.33. The van der Waals surface area contributed by atoms with Gasteiger partial charge in [0, 0.05) is 6.61 Å². The molecule has 0 heterocycles. The van der Waals surface area contributed by atoms with E-state index in [-0.39, 0.29) is 0 Å². The van der Waals surface area contributed by atoms with Crippen molar-refractivity contribution < 1.29 is 5.11 Å². The third kappa shape index (κ3) is 4.58. The second-order valence-electron chi connectivity index (χ2n) is 3.81. The van der Waals surface area contributed by atoms with Crippen LogP contribution in [0.2, 0.25) is 24.2 Å². The third-order valence-corrected chi connectivity index (χ3v) is 7.48. The topological polar surface area (TPSA) is 20.2 Å². The van der Waals surface area contributed by atoms with Crippen molar-refractivity contribution in [3.63, 3.8) is 0 Å². The van der Waals surface area contributed by atoms with E-state index in [4.69, 9.17) is 5.11 Å². The minimum absolute atomic E-state index is 0.292. The smallest absolute Gasteiger partial charge is 0.0648 e. The van der Waals surface area contributed by atoms with Gasteiger partial charge in [0.25, 0.3) is 0 Å². The Labute approximate surface area is 88.9 Å². The highest BCUT2D eigenvalue weighted by Gasteiger charge is 2.27. The van der Waals surface area contributed by atoms with Crippen LogP contribution in [0.5, 0.6) is 0 Å². The van der Waals surface area contributed by atoms with Crippen molar-refractivity contribution in [2.24, 2.45) is 0 Å². The van der Waals surface area contributed by atoms with Gasteiger partial charge in [-0.25, -0.2) is 0 Å². The summed E-state index contributed by atoms with van der Waals surface area (Å²) in [6.07, 6.45) is 6.94. The second kappa shape index (κ2) is 7.77. The van der Waals surface area contributed by atoms with Crippen molar-refractivity contribution in [2.75, 3.05) is 6.61 Å². The molecule has 0 spiro atoms. The Hall–Kier alpha value is -0.603. The fourth-order valence-electron chi connectivity index (χ4n) is 1.93. The van der Waals surface area contributed by atoms with Crippen LogP contribution in [-0.2, 0) is 0 Å². The summed E-state index contributed by atoms with van der Waals surface area (Å²) in [5.41, 5.74) is 0. The van der Waals surface area contributed by atoms with Gasteiger partial charge in [-0.2, -0.15) is 0 Å². The number of hydrogen-bond acceptors (Lipinski definition) is 1. The molecule has 0 unspecified atom stereocenters. The van der Waals surface area contributed by atoms with Gasteiger partial charge >= 0.3 is 0 Å². The normalized spacial score (nSPS) is 10.9. The number of rotatable bonds is 9. The fraction of sp³-hybridized carbons (Fsp3) is 0.500. The SMILES string of the molecule is C=CC[Si](CC=C)(CC=C)CCCO. The van der Waals surface area contributed by atoms with Gasteiger partial charge in [-0.1, -0.05) is 24.3 Å². The van der Waals surface area contributed by atoms with Crippen molar-refractivity contribution in [3.8, 4) is 0 Å². The highest BCUT2D eigenvalue weighted by Crippen LogP contribution is 2.28. The molecule has 0 aliphatic carbocycles. The number of allylic oxidation sites excluding steroid dienone is 3. The van der Waals surface area contributed by atoms with Gasteiger partial charge in [-0.3, -0.25) is 0 Å². The van der Waals surface area contributed by atoms with Crippen molar-refractivity contribution in [2.45, 2.75) is 30.6 Å². The maximum Gasteiger partial charge on any atom is 0.0648 e. The Kier molecular flexibility index (Phi) is 7.43. The van der Waals surface area contributed by atoms with E-state index in [2.05, 4.69) is 19.7 Å². The standard InChI is InChI=1S/C12H22OSi/c1-4-9-14(10-5-2,11-6-3)12-7-8-13/h4-6,13H,1-3,7-12H2. The summed E-state index contributed by atoms with van der Waals surface area (Å²) in [6.45, 7) is 11.8. The maximum atomic E-state index is 8.88. The molecule has 1 N–H and O–H groups in total. The molecule has 0 aromatic heterocycles. The molecule has 2 heteroatoms. The van der Waals surface area contributed by atoms with E-state index in [1.807, 2.05) is 18.2 Å². The van der Waals surface area contributed by atoms with E-state index in [1.165, 1.54) is 0 Å². The summed E-state index contributed by atoms with van der Waals surface area (Å²) in [5.74, 6) is 0. The molecule has 0 aromatic carbocycles. The first-order chi connectivity index (χ1) is 6.74. The zero-order chi connectivity index (χ0) is 10.9. The molecule has 80 valence electrons. The molecular formula is C12H22OSi. The molecule has 0 bridgehead atoms. The van der Waals surface area contributed by atoms with Crippen LogP contribution in [0.1, 0.15) is 6.42 Å². The Morgan fingerprint density at radius 1 is 0.929 bits per heavy atom. The third-order valence-electron chi connectivity index (χ3n) is 2.60. The molecule has 0 amide bonds. The summed E-state index contributed by atoms with van der Waals surface area (Å²) >= 11 is 0. The van der Waals surface area contributed by atoms with E-state index in [9.17, 15) is 0 Å². The van der Waals surface area contributed by atoms with Crippen LogP contribution in [0.15, 0.2) is 38.0 Å². The van der Waals surface area contributed by atoms with Crippen LogP contribution >= 0.6 is 0 Å². The maximum absolute atomic E-state index is 8.88. The molecule has 1 nitrogen and oxygen atoms in total. The molecule has 14 heavy (non-hydrogen) atoms. The minimum atomic E-state index is -1.33. The number of aliphatic hydroxyl groups is 1. The summed E-state index contributed by atoms with van der Waals surface area (Å²) in [6, 6.07) is 4.45. The molecule has 0 saturated heterocycles. The molecule has 0 atom stereocenters. The lowest BCUT2D eigenvalue weighted by Crippen LogP contribution is -2.32. The first kappa shape index (κ1) is 13.4. The molecule has 0 radical (unpaired) electrons. The quantitative estimate of drug-likeness (QED) is 0.457. The first-order valence-corrected chi connectivity index (χ1v) is 8.01. The highest BCUT2D eigenvalue weighted by molar-refractivity contribution is 6.81. The van der Waals surface area contributed by atoms with Crippen LogP contribution in [0, 0.1) is 0 Å². The number of hydrogen-bond donors (Lipinski definition) is 1. The highest BCUT2D eigenvalue weighted by atomic mass is 28.3. The minimum Gasteiger partial charge on any atom is -0.396 e. The zero-order valence-electron chi connectivity index (χ0n) is 9.04. The Morgan fingerprint density at radius 2 is 1.36 bits per heavy atom. The molecule has 0 aromatic rings. The lowest BCUT2D eigenvalue weighted by molar-refractivity contribution is 0.294. The lowest BCUT2D eigenvalue weighted by atomic mass is 10.5. The van der Waals surface area contributed by atoms with Gasteiger partial charge < -0.3 is 5.11 Å². The second-order valence-corrected chi connectivity index (χ2v) is 8.53. The van der Waals surface area contributed by atoms with Crippen LogP contribution in [-0.4, -0.2) is 19.8 Å². The summed E-state index contributed by atoms with van der Waals surface area (Å²) < 4.78 is 0. The van der Waals surface area contributed by atoms with Crippen molar-refractivity contribution in [1.29, 1.82) is 0 Å². The Bertz CT molecular complexity index is 160. The molecule has 0 aliphatic heterocycles. The fourth-order valence-corrected chi connectivity index (χ4v) is 5.79. The van der Waals surface area contributed by atoms with Gasteiger partial charge in [0.1, 0.15) is 0 Å². The molecular weight excluding hydrogens is 188 g/mol. The summed E-state index contributed by atoms with van der Waals surface area (Å²) in [5, 5.41) is 8.88. The van der Waals surface area contributed by atoms with E-state index in [0.29, 0.717) is 6.61 Å². The monoisotopic (exact) mass is 210 g/mol. The Balaban J connectivity index is 4.43. The zero-order valence-corrected chi connectivity index (χ0v) is 10.0. The van der Waals surface area contributed by atoms with Crippen LogP contribution in [0.25, 0.3) is 0 Å². The predicted molar refractivity (Wildman–Crippen MR) is 67.3 cm³/mol. The van der Waals surface area contributed by atoms with Crippen molar-refractivity contribution >= 4 is 8.07 Å². The van der Waals surface area contributed by atoms with E-state index < -0.39 is 8.07 Å². The molecule has 0 aliphatic rings. The molecule has 0 saturated carbocycles. The van der Waals surface area contributed by atoms with Crippen LogP contribution in [0.4, 0.5) is 0 Å². The van der Waals surface area contributed by atoms with Gasteiger partial charge in [0.05, 0.1) is 8.07 Å². The van der Waals surface area contributed by atoms with Gasteiger partial charge in [-0.15, -0.1) is 19.7 Å². The lowest BCUT2D eigenvalue weighted by Gasteiger charge is -2.28. The van der Waals surface area contributed by atoms with E-state index in [1.54, 1.807) is 0 Å². The predicted octanol–water partition coefficient (Wildman–Crippen LogP) is 3.38. The molecule has 0 rings (SSSR count). The van der Waals surface area contributed by atoms with Crippen molar-refractivity contribution in [1.82, 2.24) is 0 Å². The van der Waals surface area contributed by atoms with Gasteiger partial charge in [-0.05, 0) is 24.6 Å². The van der Waals surface area contributed by atoms with E-state index >= 15 is 0 Å². The van der Waals surface area contributed by atoms with Crippen molar-refractivity contribution in [3.05, 3.63) is 38.0 Å². The first-order valence-electron chi connectivity index (χ1n) is 5.18.